The van der Waals surface area contributed by atoms with E-state index in [9.17, 15) is 4.79 Å². The number of benzene rings is 3. The zero-order chi connectivity index (χ0) is 23.8. The van der Waals surface area contributed by atoms with Crippen LogP contribution >= 0.6 is 11.3 Å². The van der Waals surface area contributed by atoms with E-state index in [1.165, 1.54) is 16.9 Å². The highest BCUT2D eigenvalue weighted by atomic mass is 32.1. The Bertz CT molecular complexity index is 1500. The number of amides is 1. The summed E-state index contributed by atoms with van der Waals surface area (Å²) in [5.74, 6) is 0.636. The van der Waals surface area contributed by atoms with Crippen LogP contribution in [0, 0.1) is 13.8 Å². The Balaban J connectivity index is 1.74. The van der Waals surface area contributed by atoms with Gasteiger partial charge in [-0.15, -0.1) is 11.3 Å². The van der Waals surface area contributed by atoms with Crippen molar-refractivity contribution in [2.45, 2.75) is 13.8 Å². The molecule has 0 bridgehead atoms. The van der Waals surface area contributed by atoms with Crippen molar-refractivity contribution in [3.05, 3.63) is 93.6 Å². The number of aryl methyl sites for hydroxylation is 2. The van der Waals surface area contributed by atoms with Crippen LogP contribution in [0.1, 0.15) is 16.7 Å². The minimum atomic E-state index is -0.141. The van der Waals surface area contributed by atoms with Gasteiger partial charge in [-0.25, -0.2) is 9.67 Å². The maximum atomic E-state index is 13.1. The van der Waals surface area contributed by atoms with Crippen LogP contribution in [0.2, 0.25) is 0 Å². The van der Waals surface area contributed by atoms with Crippen LogP contribution in [-0.4, -0.2) is 30.5 Å². The molecule has 7 heteroatoms. The predicted molar refractivity (Wildman–Crippen MR) is 137 cm³/mol. The van der Waals surface area contributed by atoms with Crippen LogP contribution in [0.5, 0.6) is 5.75 Å². The van der Waals surface area contributed by atoms with Gasteiger partial charge in [-0.1, -0.05) is 35.9 Å². The molecule has 6 nitrogen and oxygen atoms in total. The van der Waals surface area contributed by atoms with Gasteiger partial charge in [0.2, 0.25) is 4.80 Å². The second-order valence-electron chi connectivity index (χ2n) is 8.18. The number of likely N-dealkylation sites (N-methyl/N-ethyl adjacent to an activating group) is 1. The Morgan fingerprint density at radius 1 is 0.971 bits per heavy atom. The number of aromatic nitrogens is 1. The summed E-state index contributed by atoms with van der Waals surface area (Å²) < 4.78 is 7.09. The summed E-state index contributed by atoms with van der Waals surface area (Å²) in [4.78, 5) is 20.4. The molecule has 4 aromatic rings. The van der Waals surface area contributed by atoms with Gasteiger partial charge in [0.1, 0.15) is 5.75 Å². The van der Waals surface area contributed by atoms with Gasteiger partial charge in [0, 0.05) is 23.6 Å². The second-order valence-corrected chi connectivity index (χ2v) is 9.01. The third-order valence-corrected chi connectivity index (χ3v) is 6.68. The van der Waals surface area contributed by atoms with Crippen LogP contribution in [0.4, 0.5) is 11.4 Å². The van der Waals surface area contributed by atoms with E-state index >= 15 is 0 Å². The zero-order valence-electron chi connectivity index (χ0n) is 19.4. The summed E-state index contributed by atoms with van der Waals surface area (Å²) in [5, 5.41) is 6.90. The average Bonchev–Trinajstić information content (AvgIpc) is 3.35. The lowest BCUT2D eigenvalue weighted by Crippen LogP contribution is -2.27. The molecule has 1 aliphatic rings. The molecule has 34 heavy (non-hydrogen) atoms. The van der Waals surface area contributed by atoms with Crippen molar-refractivity contribution in [2.75, 3.05) is 19.1 Å². The van der Waals surface area contributed by atoms with E-state index in [1.807, 2.05) is 73.0 Å². The van der Waals surface area contributed by atoms with E-state index in [-0.39, 0.29) is 5.91 Å². The molecule has 1 aliphatic heterocycles. The highest BCUT2D eigenvalue weighted by Crippen LogP contribution is 2.29. The molecule has 0 unspecified atom stereocenters. The van der Waals surface area contributed by atoms with Gasteiger partial charge in [0.15, 0.2) is 5.71 Å². The highest BCUT2D eigenvalue weighted by Gasteiger charge is 2.31. The van der Waals surface area contributed by atoms with Crippen LogP contribution < -0.4 is 14.4 Å². The Kier molecular flexibility index (Phi) is 5.63. The Labute approximate surface area is 202 Å². The number of carbonyl (C=O) groups is 1. The molecule has 0 atom stereocenters. The summed E-state index contributed by atoms with van der Waals surface area (Å²) in [5.41, 5.74) is 7.00. The summed E-state index contributed by atoms with van der Waals surface area (Å²) in [6.07, 6.45) is 0. The fourth-order valence-corrected chi connectivity index (χ4v) is 4.86. The van der Waals surface area contributed by atoms with E-state index in [1.54, 1.807) is 23.7 Å². The van der Waals surface area contributed by atoms with Gasteiger partial charge < -0.3 is 9.64 Å². The minimum Gasteiger partial charge on any atom is -0.497 e. The Hall–Kier alpha value is -3.97. The second kappa shape index (κ2) is 8.76. The number of fused-ring (bicyclic) bond motifs is 1. The molecule has 0 saturated heterocycles. The molecule has 0 aliphatic carbocycles. The van der Waals surface area contributed by atoms with E-state index in [2.05, 4.69) is 13.0 Å². The van der Waals surface area contributed by atoms with Gasteiger partial charge in [-0.05, 0) is 55.8 Å². The van der Waals surface area contributed by atoms with Crippen molar-refractivity contribution in [1.82, 2.24) is 4.68 Å². The molecule has 0 N–H and O–H groups in total. The monoisotopic (exact) mass is 468 g/mol. The van der Waals surface area contributed by atoms with Gasteiger partial charge in [-0.3, -0.25) is 4.79 Å². The minimum absolute atomic E-state index is 0.141. The van der Waals surface area contributed by atoms with Crippen LogP contribution in [0.25, 0.3) is 11.3 Å². The van der Waals surface area contributed by atoms with Gasteiger partial charge in [-0.2, -0.15) is 5.10 Å². The molecule has 1 amide bonds. The molecule has 0 radical (unpaired) electrons. The fraction of sp³-hybridized carbons (Fsp3) is 0.148. The largest absolute Gasteiger partial charge is 0.497 e. The van der Waals surface area contributed by atoms with Crippen molar-refractivity contribution >= 4 is 34.3 Å². The molecule has 170 valence electrons. The van der Waals surface area contributed by atoms with E-state index < -0.39 is 0 Å². The highest BCUT2D eigenvalue weighted by molar-refractivity contribution is 7.07. The summed E-state index contributed by atoms with van der Waals surface area (Å²) >= 11 is 1.49. The normalized spacial score (nSPS) is 14.7. The van der Waals surface area contributed by atoms with Crippen molar-refractivity contribution in [2.24, 2.45) is 10.1 Å². The van der Waals surface area contributed by atoms with Crippen LogP contribution in [0.3, 0.4) is 0 Å². The number of hydrogen-bond donors (Lipinski definition) is 0. The molecule has 2 heterocycles. The fourth-order valence-electron chi connectivity index (χ4n) is 4.01. The quantitative estimate of drug-likeness (QED) is 0.408. The van der Waals surface area contributed by atoms with E-state index in [0.29, 0.717) is 10.5 Å². The number of thiazole rings is 1. The molecule has 5 rings (SSSR count). The van der Waals surface area contributed by atoms with Crippen molar-refractivity contribution in [3.63, 3.8) is 0 Å². The lowest BCUT2D eigenvalue weighted by molar-refractivity contribution is -0.112. The van der Waals surface area contributed by atoms with E-state index in [0.717, 1.165) is 39.5 Å². The summed E-state index contributed by atoms with van der Waals surface area (Å²) in [7, 11) is 3.42. The Morgan fingerprint density at radius 3 is 2.47 bits per heavy atom. The smallest absolute Gasteiger partial charge is 0.279 e. The van der Waals surface area contributed by atoms with Gasteiger partial charge >= 0.3 is 0 Å². The van der Waals surface area contributed by atoms with E-state index in [4.69, 9.17) is 14.8 Å². The Morgan fingerprint density at radius 2 is 1.74 bits per heavy atom. The standard InChI is InChI=1S/C27H24N4O2S/c1-17-9-14-22(18(2)15-17)28-27-31(24(16-34-27)19-10-12-20(33-4)13-11-19)29-25-21-7-5-6-8-23(21)30(3)26(25)32/h5-16H,1-4H3/b28-27?,29-25-. The SMILES string of the molecule is COc1ccc(-c2csc(=Nc3ccc(C)cc3C)n2/N=C2\C(=O)N(C)c3ccccc32)cc1. The predicted octanol–water partition coefficient (Wildman–Crippen LogP) is 5.30. The molecule has 0 saturated carbocycles. The number of anilines is 1. The molecular weight excluding hydrogens is 444 g/mol. The zero-order valence-corrected chi connectivity index (χ0v) is 20.3. The first-order valence-corrected chi connectivity index (χ1v) is 11.8. The average molecular weight is 469 g/mol. The number of rotatable bonds is 4. The molecule has 0 fully saturated rings. The first-order valence-electron chi connectivity index (χ1n) is 10.9. The van der Waals surface area contributed by atoms with Crippen molar-refractivity contribution < 1.29 is 9.53 Å². The molecule has 1 aromatic heterocycles. The molecular formula is C27H24N4O2S. The van der Waals surface area contributed by atoms with Crippen LogP contribution in [0.15, 0.2) is 82.2 Å². The van der Waals surface area contributed by atoms with Gasteiger partial charge in [0.25, 0.3) is 5.91 Å². The lowest BCUT2D eigenvalue weighted by Gasteiger charge is -2.08. The number of ether oxygens (including phenoxy) is 1. The maximum Gasteiger partial charge on any atom is 0.279 e. The number of carbonyl (C=O) groups excluding carboxylic acids is 1. The number of hydrogen-bond acceptors (Lipinski definition) is 5. The van der Waals surface area contributed by atoms with Crippen LogP contribution in [-0.2, 0) is 4.79 Å². The first kappa shape index (κ1) is 21.9. The first-order chi connectivity index (χ1) is 16.5. The summed E-state index contributed by atoms with van der Waals surface area (Å²) in [6, 6.07) is 21.7. The number of methoxy groups -OCH3 is 1. The topological polar surface area (TPSA) is 59.2 Å². The van der Waals surface area contributed by atoms with Gasteiger partial charge in [0.05, 0.1) is 24.2 Å². The number of para-hydroxylation sites is 1. The third-order valence-electron chi connectivity index (χ3n) is 5.87. The molecule has 0 spiro atoms. The third kappa shape index (κ3) is 3.84. The van der Waals surface area contributed by atoms with Crippen molar-refractivity contribution in [1.29, 1.82) is 0 Å². The summed E-state index contributed by atoms with van der Waals surface area (Å²) in [6.45, 7) is 4.11. The number of nitrogens with zero attached hydrogens (tertiary/aromatic N) is 4. The van der Waals surface area contributed by atoms with Crippen molar-refractivity contribution in [3.8, 4) is 17.0 Å². The molecule has 3 aromatic carbocycles. The lowest BCUT2D eigenvalue weighted by atomic mass is 10.1. The maximum absolute atomic E-state index is 13.1.